The third-order valence-corrected chi connectivity index (χ3v) is 3.85. The molecule has 0 unspecified atom stereocenters. The van der Waals surface area contributed by atoms with E-state index in [4.69, 9.17) is 15.2 Å². The number of benzene rings is 2. The van der Waals surface area contributed by atoms with Crippen LogP contribution in [0.15, 0.2) is 42.5 Å². The molecule has 0 aliphatic rings. The summed E-state index contributed by atoms with van der Waals surface area (Å²) in [5.74, 6) is -1.26. The number of para-hydroxylation sites is 1. The van der Waals surface area contributed by atoms with Crippen LogP contribution in [0.2, 0.25) is 0 Å². The molecule has 0 saturated heterocycles. The Kier molecular flexibility index (Phi) is 10.9. The minimum atomic E-state index is -0.462. The van der Waals surface area contributed by atoms with Crippen molar-refractivity contribution in [3.05, 3.63) is 65.0 Å². The smallest absolute Gasteiger partial charge is 0.255 e. The molecule has 4 N–H and O–H groups in total. The van der Waals surface area contributed by atoms with Gasteiger partial charge in [-0.3, -0.25) is 9.59 Å². The molecule has 9 heteroatoms. The van der Waals surface area contributed by atoms with E-state index in [2.05, 4.69) is 10.6 Å². The monoisotopic (exact) mass is 425 g/mol. The van der Waals surface area contributed by atoms with E-state index in [1.807, 2.05) is 0 Å². The van der Waals surface area contributed by atoms with E-state index < -0.39 is 11.7 Å². The highest BCUT2D eigenvalue weighted by Crippen LogP contribution is 2.18. The number of methoxy groups -OCH3 is 1. The highest BCUT2D eigenvalue weighted by molar-refractivity contribution is 6.09. The number of halogens is 2. The minimum absolute atomic E-state index is 0. The fourth-order valence-electron chi connectivity index (χ4n) is 2.42. The first-order valence-corrected chi connectivity index (χ1v) is 8.80. The molecule has 0 radical (unpaired) electrons. The Labute approximate surface area is 175 Å². The van der Waals surface area contributed by atoms with Gasteiger partial charge in [0.1, 0.15) is 5.82 Å². The number of hydrogen-bond donors (Lipinski definition) is 3. The molecule has 0 heterocycles. The van der Waals surface area contributed by atoms with E-state index in [1.165, 1.54) is 18.2 Å². The van der Waals surface area contributed by atoms with Crippen molar-refractivity contribution in [1.82, 2.24) is 5.32 Å². The Balaban J connectivity index is 0.00000420. The number of ether oxygens (including phenoxy) is 2. The highest BCUT2D eigenvalue weighted by Gasteiger charge is 2.15. The van der Waals surface area contributed by atoms with Crippen LogP contribution in [-0.2, 0) is 16.1 Å². The van der Waals surface area contributed by atoms with Crippen molar-refractivity contribution in [3.8, 4) is 0 Å². The Morgan fingerprint density at radius 1 is 1.10 bits per heavy atom. The van der Waals surface area contributed by atoms with Crippen molar-refractivity contribution in [1.29, 1.82) is 0 Å². The topological polar surface area (TPSA) is 103 Å². The van der Waals surface area contributed by atoms with E-state index in [0.717, 1.165) is 0 Å². The van der Waals surface area contributed by atoms with Crippen molar-refractivity contribution >= 4 is 29.9 Å². The lowest BCUT2D eigenvalue weighted by Crippen LogP contribution is -2.30. The van der Waals surface area contributed by atoms with E-state index in [9.17, 15) is 14.0 Å². The molecule has 0 saturated carbocycles. The standard InChI is InChI=1S/C20H24FN3O4.ClH/c1-27-10-11-28-13-15-12-14(6-7-17(15)21)19(25)24-18-5-3-2-4-16(18)20(26)23-9-8-22;/h2-7,12H,8-11,13,22H2,1H3,(H,23,26)(H,24,25);1H. The predicted octanol–water partition coefficient (Wildman–Crippen LogP) is 2.35. The molecule has 0 aliphatic heterocycles. The molecule has 2 aromatic carbocycles. The molecule has 7 nitrogen and oxygen atoms in total. The first-order chi connectivity index (χ1) is 13.6. The van der Waals surface area contributed by atoms with Crippen LogP contribution in [0.1, 0.15) is 26.3 Å². The number of nitrogens with two attached hydrogens (primary N) is 1. The van der Waals surface area contributed by atoms with Crippen LogP contribution in [0.25, 0.3) is 0 Å². The van der Waals surface area contributed by atoms with Crippen LogP contribution >= 0.6 is 12.4 Å². The van der Waals surface area contributed by atoms with E-state index in [0.29, 0.717) is 37.6 Å². The van der Waals surface area contributed by atoms with Crippen molar-refractivity contribution in [2.45, 2.75) is 6.61 Å². The Bertz CT molecular complexity index is 820. The van der Waals surface area contributed by atoms with Gasteiger partial charge in [-0.15, -0.1) is 12.4 Å². The van der Waals surface area contributed by atoms with Crippen LogP contribution in [0.4, 0.5) is 10.1 Å². The van der Waals surface area contributed by atoms with Gasteiger partial charge in [-0.25, -0.2) is 4.39 Å². The van der Waals surface area contributed by atoms with Crippen molar-refractivity contribution in [2.75, 3.05) is 38.7 Å². The summed E-state index contributed by atoms with van der Waals surface area (Å²) in [6.45, 7) is 1.37. The maximum Gasteiger partial charge on any atom is 0.255 e. The number of anilines is 1. The number of carbonyl (C=O) groups excluding carboxylic acids is 2. The summed E-state index contributed by atoms with van der Waals surface area (Å²) in [4.78, 5) is 24.8. The zero-order valence-corrected chi connectivity index (χ0v) is 16.9. The van der Waals surface area contributed by atoms with Gasteiger partial charge in [0, 0.05) is 31.3 Å². The summed E-state index contributed by atoms with van der Waals surface area (Å²) >= 11 is 0. The first-order valence-electron chi connectivity index (χ1n) is 8.80. The van der Waals surface area contributed by atoms with Gasteiger partial charge in [0.25, 0.3) is 11.8 Å². The van der Waals surface area contributed by atoms with Gasteiger partial charge >= 0.3 is 0 Å². The molecule has 0 fully saturated rings. The van der Waals surface area contributed by atoms with Gasteiger partial charge in [0.05, 0.1) is 31.1 Å². The van der Waals surface area contributed by atoms with Gasteiger partial charge in [-0.05, 0) is 30.3 Å². The highest BCUT2D eigenvalue weighted by atomic mass is 35.5. The summed E-state index contributed by atoms with van der Waals surface area (Å²) in [5.41, 5.74) is 6.58. The zero-order valence-electron chi connectivity index (χ0n) is 16.1. The van der Waals surface area contributed by atoms with Crippen molar-refractivity contribution in [3.63, 3.8) is 0 Å². The molecular formula is C20H25ClFN3O4. The number of hydrogen-bond acceptors (Lipinski definition) is 5. The number of carbonyl (C=O) groups is 2. The maximum absolute atomic E-state index is 14.0. The SMILES string of the molecule is COCCOCc1cc(C(=O)Nc2ccccc2C(=O)NCCN)ccc1F.Cl. The molecule has 2 rings (SSSR count). The van der Waals surface area contributed by atoms with Crippen LogP contribution < -0.4 is 16.4 Å². The number of nitrogens with one attached hydrogen (secondary N) is 2. The minimum Gasteiger partial charge on any atom is -0.382 e. The van der Waals surface area contributed by atoms with E-state index >= 15 is 0 Å². The summed E-state index contributed by atoms with van der Waals surface area (Å²) in [6.07, 6.45) is 0. The van der Waals surface area contributed by atoms with E-state index in [1.54, 1.807) is 31.4 Å². The second-order valence-electron chi connectivity index (χ2n) is 5.90. The van der Waals surface area contributed by atoms with E-state index in [-0.39, 0.29) is 36.0 Å². The second-order valence-corrected chi connectivity index (χ2v) is 5.90. The average molecular weight is 426 g/mol. The van der Waals surface area contributed by atoms with Crippen LogP contribution in [0.5, 0.6) is 0 Å². The normalized spacial score (nSPS) is 10.2. The first kappa shape index (κ1) is 24.5. The molecule has 0 aromatic heterocycles. The summed E-state index contributed by atoms with van der Waals surface area (Å²) in [5, 5.41) is 5.35. The number of rotatable bonds is 10. The quantitative estimate of drug-likeness (QED) is 0.507. The number of amides is 2. The lowest BCUT2D eigenvalue weighted by Gasteiger charge is -2.12. The van der Waals surface area contributed by atoms with Gasteiger partial charge in [0.2, 0.25) is 0 Å². The molecule has 0 aliphatic carbocycles. The molecule has 2 amide bonds. The van der Waals surface area contributed by atoms with Crippen LogP contribution in [0.3, 0.4) is 0 Å². The molecule has 2 aromatic rings. The molecule has 0 bridgehead atoms. The largest absolute Gasteiger partial charge is 0.382 e. The Morgan fingerprint density at radius 3 is 2.59 bits per heavy atom. The van der Waals surface area contributed by atoms with Gasteiger partial charge in [-0.2, -0.15) is 0 Å². The molecular weight excluding hydrogens is 401 g/mol. The third kappa shape index (κ3) is 7.43. The van der Waals surface area contributed by atoms with Crippen molar-refractivity contribution < 1.29 is 23.5 Å². The van der Waals surface area contributed by atoms with Crippen molar-refractivity contribution in [2.24, 2.45) is 5.73 Å². The predicted molar refractivity (Wildman–Crippen MR) is 111 cm³/mol. The van der Waals surface area contributed by atoms with Gasteiger partial charge in [0.15, 0.2) is 0 Å². The zero-order chi connectivity index (χ0) is 20.4. The molecule has 158 valence electrons. The lowest BCUT2D eigenvalue weighted by molar-refractivity contribution is 0.0604. The van der Waals surface area contributed by atoms with Gasteiger partial charge < -0.3 is 25.8 Å². The molecule has 29 heavy (non-hydrogen) atoms. The summed E-state index contributed by atoms with van der Waals surface area (Å²) < 4.78 is 24.1. The maximum atomic E-state index is 14.0. The fraction of sp³-hybridized carbons (Fsp3) is 0.300. The Morgan fingerprint density at radius 2 is 1.86 bits per heavy atom. The van der Waals surface area contributed by atoms with Crippen LogP contribution in [-0.4, -0.2) is 45.2 Å². The fourth-order valence-corrected chi connectivity index (χ4v) is 2.42. The molecule has 0 spiro atoms. The lowest BCUT2D eigenvalue weighted by atomic mass is 10.1. The van der Waals surface area contributed by atoms with Crippen LogP contribution in [0, 0.1) is 5.82 Å². The average Bonchev–Trinajstić information content (AvgIpc) is 2.71. The summed E-state index contributed by atoms with van der Waals surface area (Å²) in [6, 6.07) is 10.6. The third-order valence-electron chi connectivity index (χ3n) is 3.85. The second kappa shape index (κ2) is 12.8. The summed E-state index contributed by atoms with van der Waals surface area (Å²) in [7, 11) is 1.54. The Hall–Kier alpha value is -2.52. The molecule has 0 atom stereocenters. The van der Waals surface area contributed by atoms with Gasteiger partial charge in [-0.1, -0.05) is 12.1 Å².